The number of aryl methyl sites for hydroxylation is 2. The van der Waals surface area contributed by atoms with E-state index in [0.717, 1.165) is 34.0 Å². The SMILES string of the molecule is Cc1ccc(C)c(-c2[nH]c3ccc(C(C)C)cc3c2C=O)c1. The first-order valence-electron chi connectivity index (χ1n) is 7.69. The maximum atomic E-state index is 11.7. The van der Waals surface area contributed by atoms with Gasteiger partial charge in [0.05, 0.1) is 5.69 Å². The molecule has 0 spiro atoms. The molecule has 0 amide bonds. The van der Waals surface area contributed by atoms with E-state index in [1.54, 1.807) is 0 Å². The number of hydrogen-bond acceptors (Lipinski definition) is 1. The summed E-state index contributed by atoms with van der Waals surface area (Å²) in [5, 5.41) is 1.01. The highest BCUT2D eigenvalue weighted by atomic mass is 16.1. The normalized spacial score (nSPS) is 11.3. The minimum absolute atomic E-state index is 0.447. The predicted molar refractivity (Wildman–Crippen MR) is 92.7 cm³/mol. The Morgan fingerprint density at radius 2 is 1.82 bits per heavy atom. The van der Waals surface area contributed by atoms with Crippen LogP contribution in [0.25, 0.3) is 22.2 Å². The third kappa shape index (κ3) is 2.35. The van der Waals surface area contributed by atoms with Crippen LogP contribution in [0, 0.1) is 13.8 Å². The lowest BCUT2D eigenvalue weighted by Crippen LogP contribution is -1.89. The molecule has 0 aliphatic carbocycles. The molecule has 3 aromatic rings. The van der Waals surface area contributed by atoms with Gasteiger partial charge >= 0.3 is 0 Å². The molecular weight excluding hydrogens is 270 g/mol. The van der Waals surface area contributed by atoms with Crippen molar-refractivity contribution in [1.82, 2.24) is 4.98 Å². The van der Waals surface area contributed by atoms with Crippen molar-refractivity contribution in [3.63, 3.8) is 0 Å². The van der Waals surface area contributed by atoms with Gasteiger partial charge in [-0.2, -0.15) is 0 Å². The van der Waals surface area contributed by atoms with E-state index in [0.29, 0.717) is 5.92 Å². The second kappa shape index (κ2) is 5.45. The number of H-pyrrole nitrogens is 1. The summed E-state index contributed by atoms with van der Waals surface area (Å²) in [5.41, 5.74) is 7.41. The molecule has 0 unspecified atom stereocenters. The van der Waals surface area contributed by atoms with E-state index in [4.69, 9.17) is 0 Å². The van der Waals surface area contributed by atoms with Gasteiger partial charge in [0.25, 0.3) is 0 Å². The Hall–Kier alpha value is -2.35. The van der Waals surface area contributed by atoms with Gasteiger partial charge in [-0.05, 0) is 49.1 Å². The number of benzene rings is 2. The number of rotatable bonds is 3. The molecule has 2 heteroatoms. The Morgan fingerprint density at radius 1 is 1.05 bits per heavy atom. The highest BCUT2D eigenvalue weighted by Crippen LogP contribution is 2.33. The van der Waals surface area contributed by atoms with Crippen LogP contribution >= 0.6 is 0 Å². The van der Waals surface area contributed by atoms with Crippen LogP contribution in [0.4, 0.5) is 0 Å². The van der Waals surface area contributed by atoms with Crippen molar-refractivity contribution in [3.05, 3.63) is 58.7 Å². The molecule has 112 valence electrons. The lowest BCUT2D eigenvalue weighted by molar-refractivity contribution is 0.112. The Bertz CT molecular complexity index is 856. The fourth-order valence-electron chi connectivity index (χ4n) is 2.93. The van der Waals surface area contributed by atoms with Crippen molar-refractivity contribution in [2.75, 3.05) is 0 Å². The van der Waals surface area contributed by atoms with Crippen molar-refractivity contribution < 1.29 is 4.79 Å². The smallest absolute Gasteiger partial charge is 0.152 e. The summed E-state index contributed by atoms with van der Waals surface area (Å²) in [6, 6.07) is 12.7. The second-order valence-electron chi connectivity index (χ2n) is 6.31. The Morgan fingerprint density at radius 3 is 2.50 bits per heavy atom. The number of carbonyl (C=O) groups is 1. The van der Waals surface area contributed by atoms with Crippen molar-refractivity contribution in [1.29, 1.82) is 0 Å². The zero-order valence-corrected chi connectivity index (χ0v) is 13.5. The molecule has 0 saturated heterocycles. The van der Waals surface area contributed by atoms with Gasteiger partial charge in [-0.15, -0.1) is 0 Å². The fraction of sp³-hybridized carbons (Fsp3) is 0.250. The average Bonchev–Trinajstić information content (AvgIpc) is 2.86. The van der Waals surface area contributed by atoms with E-state index in [1.165, 1.54) is 16.7 Å². The van der Waals surface area contributed by atoms with Gasteiger partial charge in [-0.1, -0.05) is 37.6 Å². The number of aldehydes is 1. The summed E-state index contributed by atoms with van der Waals surface area (Å²) in [6.07, 6.45) is 0.972. The molecule has 1 heterocycles. The van der Waals surface area contributed by atoms with Crippen LogP contribution in [0.15, 0.2) is 36.4 Å². The quantitative estimate of drug-likeness (QED) is 0.645. The standard InChI is InChI=1S/C20H21NO/c1-12(2)15-7-8-19-17(10-15)18(11-22)20(21-19)16-9-13(3)5-6-14(16)4/h5-12,21H,1-4H3. The molecule has 0 aliphatic rings. The number of hydrogen-bond donors (Lipinski definition) is 1. The molecule has 22 heavy (non-hydrogen) atoms. The minimum Gasteiger partial charge on any atom is -0.354 e. The third-order valence-electron chi connectivity index (χ3n) is 4.31. The summed E-state index contributed by atoms with van der Waals surface area (Å²) in [5.74, 6) is 0.447. The predicted octanol–water partition coefficient (Wildman–Crippen LogP) is 5.39. The van der Waals surface area contributed by atoms with Crippen LogP contribution in [0.2, 0.25) is 0 Å². The van der Waals surface area contributed by atoms with Gasteiger partial charge < -0.3 is 4.98 Å². The first kappa shape index (κ1) is 14.6. The summed E-state index contributed by atoms with van der Waals surface area (Å²) in [6.45, 7) is 8.48. The van der Waals surface area contributed by atoms with Gasteiger partial charge in [0.1, 0.15) is 0 Å². The molecule has 0 fully saturated rings. The largest absolute Gasteiger partial charge is 0.354 e. The molecule has 0 aliphatic heterocycles. The maximum Gasteiger partial charge on any atom is 0.152 e. The molecule has 0 saturated carbocycles. The number of nitrogens with one attached hydrogen (secondary N) is 1. The highest BCUT2D eigenvalue weighted by molar-refractivity contribution is 6.04. The van der Waals surface area contributed by atoms with Gasteiger partial charge in [-0.3, -0.25) is 4.79 Å². The van der Waals surface area contributed by atoms with Gasteiger partial charge in [0, 0.05) is 22.0 Å². The zero-order chi connectivity index (χ0) is 15.9. The van der Waals surface area contributed by atoms with E-state index in [1.807, 2.05) is 0 Å². The average molecular weight is 291 g/mol. The summed E-state index contributed by atoms with van der Waals surface area (Å²) >= 11 is 0. The van der Waals surface area contributed by atoms with Crippen LogP contribution in [0.1, 0.15) is 46.8 Å². The molecule has 1 aromatic heterocycles. The number of carbonyl (C=O) groups excluding carboxylic acids is 1. The van der Waals surface area contributed by atoms with E-state index in [2.05, 4.69) is 69.1 Å². The van der Waals surface area contributed by atoms with E-state index >= 15 is 0 Å². The fourth-order valence-corrected chi connectivity index (χ4v) is 2.93. The van der Waals surface area contributed by atoms with Crippen LogP contribution in [-0.2, 0) is 0 Å². The van der Waals surface area contributed by atoms with Gasteiger partial charge in [0.2, 0.25) is 0 Å². The van der Waals surface area contributed by atoms with Crippen LogP contribution < -0.4 is 0 Å². The van der Waals surface area contributed by atoms with Crippen molar-refractivity contribution >= 4 is 17.2 Å². The number of aromatic nitrogens is 1. The molecule has 2 nitrogen and oxygen atoms in total. The topological polar surface area (TPSA) is 32.9 Å². The van der Waals surface area contributed by atoms with Gasteiger partial charge in [-0.25, -0.2) is 0 Å². The molecule has 2 aromatic carbocycles. The minimum atomic E-state index is 0.447. The first-order chi connectivity index (χ1) is 10.5. The third-order valence-corrected chi connectivity index (χ3v) is 4.31. The molecule has 0 atom stereocenters. The molecule has 1 N–H and O–H groups in total. The molecular formula is C20H21NO. The molecule has 0 bridgehead atoms. The lowest BCUT2D eigenvalue weighted by Gasteiger charge is -2.06. The summed E-state index contributed by atoms with van der Waals surface area (Å²) in [7, 11) is 0. The van der Waals surface area contributed by atoms with E-state index in [-0.39, 0.29) is 0 Å². The van der Waals surface area contributed by atoms with Gasteiger partial charge in [0.15, 0.2) is 6.29 Å². The Labute approximate surface area is 131 Å². The summed E-state index contributed by atoms with van der Waals surface area (Å²) < 4.78 is 0. The Balaban J connectivity index is 2.30. The first-order valence-corrected chi connectivity index (χ1v) is 7.69. The lowest BCUT2D eigenvalue weighted by atomic mass is 9.97. The number of aromatic amines is 1. The van der Waals surface area contributed by atoms with E-state index in [9.17, 15) is 4.79 Å². The second-order valence-corrected chi connectivity index (χ2v) is 6.31. The van der Waals surface area contributed by atoms with Crippen LogP contribution in [0.5, 0.6) is 0 Å². The van der Waals surface area contributed by atoms with Crippen molar-refractivity contribution in [2.24, 2.45) is 0 Å². The summed E-state index contributed by atoms with van der Waals surface area (Å²) in [4.78, 5) is 15.2. The number of fused-ring (bicyclic) bond motifs is 1. The monoisotopic (exact) mass is 291 g/mol. The van der Waals surface area contributed by atoms with Crippen molar-refractivity contribution in [2.45, 2.75) is 33.6 Å². The maximum absolute atomic E-state index is 11.7. The van der Waals surface area contributed by atoms with Crippen LogP contribution in [0.3, 0.4) is 0 Å². The Kier molecular flexibility index (Phi) is 3.61. The van der Waals surface area contributed by atoms with Crippen molar-refractivity contribution in [3.8, 4) is 11.3 Å². The molecule has 0 radical (unpaired) electrons. The zero-order valence-electron chi connectivity index (χ0n) is 13.5. The van der Waals surface area contributed by atoms with Crippen LogP contribution in [-0.4, -0.2) is 11.3 Å². The van der Waals surface area contributed by atoms with E-state index < -0.39 is 0 Å². The molecule has 3 rings (SSSR count). The highest BCUT2D eigenvalue weighted by Gasteiger charge is 2.15.